The fourth-order valence-corrected chi connectivity index (χ4v) is 1.85. The molecular weight excluding hydrogens is 236 g/mol. The highest BCUT2D eigenvalue weighted by atomic mass is 16.5. The number of aryl methyl sites for hydroxylation is 1. The highest BCUT2D eigenvalue weighted by Gasteiger charge is 2.00. The van der Waals surface area contributed by atoms with Crippen LogP contribution in [-0.2, 0) is 17.8 Å². The molecule has 0 spiro atoms. The molecule has 0 saturated carbocycles. The fourth-order valence-electron chi connectivity index (χ4n) is 1.85. The van der Waals surface area contributed by atoms with Gasteiger partial charge in [-0.3, -0.25) is 0 Å². The first-order valence-corrected chi connectivity index (χ1v) is 6.49. The van der Waals surface area contributed by atoms with Gasteiger partial charge in [0.1, 0.15) is 18.1 Å². The van der Waals surface area contributed by atoms with E-state index in [4.69, 9.17) is 4.74 Å². The van der Waals surface area contributed by atoms with Gasteiger partial charge >= 0.3 is 0 Å². The molecule has 0 fully saturated rings. The second-order valence-corrected chi connectivity index (χ2v) is 4.62. The van der Waals surface area contributed by atoms with E-state index in [9.17, 15) is 4.79 Å². The summed E-state index contributed by atoms with van der Waals surface area (Å²) >= 11 is 0. The Labute approximate surface area is 114 Å². The molecular formula is C17H18O2. The maximum Gasteiger partial charge on any atom is 0.130 e. The van der Waals surface area contributed by atoms with Gasteiger partial charge in [-0.1, -0.05) is 42.5 Å². The van der Waals surface area contributed by atoms with Crippen molar-refractivity contribution < 1.29 is 9.53 Å². The minimum Gasteiger partial charge on any atom is -0.489 e. The summed E-state index contributed by atoms with van der Waals surface area (Å²) in [5.41, 5.74) is 2.29. The minimum atomic E-state index is 0.218. The first kappa shape index (κ1) is 13.3. The Morgan fingerprint density at radius 1 is 1.00 bits per heavy atom. The van der Waals surface area contributed by atoms with Crippen molar-refractivity contribution >= 4 is 5.78 Å². The van der Waals surface area contributed by atoms with Crippen molar-refractivity contribution in [2.75, 3.05) is 0 Å². The molecule has 19 heavy (non-hydrogen) atoms. The normalized spacial score (nSPS) is 10.2. The fraction of sp³-hybridized carbons (Fsp3) is 0.235. The van der Waals surface area contributed by atoms with Crippen LogP contribution in [0.4, 0.5) is 0 Å². The van der Waals surface area contributed by atoms with Gasteiger partial charge in [-0.25, -0.2) is 0 Å². The lowest BCUT2D eigenvalue weighted by molar-refractivity contribution is -0.116. The molecule has 0 bridgehead atoms. The van der Waals surface area contributed by atoms with Gasteiger partial charge in [0.05, 0.1) is 0 Å². The number of carbonyl (C=O) groups is 1. The molecule has 0 aliphatic heterocycles. The van der Waals surface area contributed by atoms with E-state index in [0.29, 0.717) is 13.0 Å². The van der Waals surface area contributed by atoms with Crippen LogP contribution in [0, 0.1) is 0 Å². The van der Waals surface area contributed by atoms with E-state index >= 15 is 0 Å². The monoisotopic (exact) mass is 254 g/mol. The first-order chi connectivity index (χ1) is 9.24. The van der Waals surface area contributed by atoms with Crippen molar-refractivity contribution in [3.63, 3.8) is 0 Å². The predicted molar refractivity (Wildman–Crippen MR) is 76.2 cm³/mol. The van der Waals surface area contributed by atoms with Crippen LogP contribution in [0.15, 0.2) is 54.6 Å². The molecule has 0 aromatic heterocycles. The molecule has 0 heterocycles. The Balaban J connectivity index is 1.93. The summed E-state index contributed by atoms with van der Waals surface area (Å²) in [5, 5.41) is 0. The van der Waals surface area contributed by atoms with Crippen LogP contribution in [0.2, 0.25) is 0 Å². The van der Waals surface area contributed by atoms with Gasteiger partial charge in [0.15, 0.2) is 0 Å². The van der Waals surface area contributed by atoms with Gasteiger partial charge in [0.2, 0.25) is 0 Å². The molecule has 0 radical (unpaired) electrons. The van der Waals surface area contributed by atoms with E-state index in [-0.39, 0.29) is 5.78 Å². The van der Waals surface area contributed by atoms with Crippen molar-refractivity contribution in [1.82, 2.24) is 0 Å². The average molecular weight is 254 g/mol. The van der Waals surface area contributed by atoms with Crippen molar-refractivity contribution in [3.8, 4) is 5.75 Å². The lowest BCUT2D eigenvalue weighted by Gasteiger charge is -2.08. The number of ether oxygens (including phenoxy) is 1. The van der Waals surface area contributed by atoms with Crippen LogP contribution in [0.1, 0.15) is 24.5 Å². The van der Waals surface area contributed by atoms with Crippen LogP contribution >= 0.6 is 0 Å². The van der Waals surface area contributed by atoms with Gasteiger partial charge in [0, 0.05) is 6.42 Å². The van der Waals surface area contributed by atoms with Gasteiger partial charge < -0.3 is 9.53 Å². The van der Waals surface area contributed by atoms with E-state index in [2.05, 4.69) is 0 Å². The molecule has 0 unspecified atom stereocenters. The number of benzene rings is 2. The van der Waals surface area contributed by atoms with Gasteiger partial charge in [-0.15, -0.1) is 0 Å². The molecule has 98 valence electrons. The summed E-state index contributed by atoms with van der Waals surface area (Å²) in [6.07, 6.45) is 1.36. The largest absolute Gasteiger partial charge is 0.489 e. The molecule has 2 aromatic rings. The van der Waals surface area contributed by atoms with E-state index < -0.39 is 0 Å². The van der Waals surface area contributed by atoms with Crippen LogP contribution < -0.4 is 4.74 Å². The van der Waals surface area contributed by atoms with E-state index in [1.54, 1.807) is 6.92 Å². The van der Waals surface area contributed by atoms with Crippen molar-refractivity contribution in [2.45, 2.75) is 26.4 Å². The molecule has 0 N–H and O–H groups in total. The summed E-state index contributed by atoms with van der Waals surface area (Å²) < 4.78 is 5.75. The molecule has 0 atom stereocenters. The molecule has 0 amide bonds. The molecule has 2 aromatic carbocycles. The Bertz CT molecular complexity index is 532. The quantitative estimate of drug-likeness (QED) is 0.784. The number of ketones is 1. The third-order valence-corrected chi connectivity index (χ3v) is 2.91. The predicted octanol–water partition coefficient (Wildman–Crippen LogP) is 3.79. The Morgan fingerprint density at radius 3 is 2.47 bits per heavy atom. The molecule has 0 saturated heterocycles. The minimum absolute atomic E-state index is 0.218. The first-order valence-electron chi connectivity index (χ1n) is 6.49. The highest BCUT2D eigenvalue weighted by molar-refractivity contribution is 5.75. The zero-order valence-corrected chi connectivity index (χ0v) is 11.1. The Kier molecular flexibility index (Phi) is 4.73. The second kappa shape index (κ2) is 6.74. The maximum absolute atomic E-state index is 11.0. The topological polar surface area (TPSA) is 26.3 Å². The number of Topliss-reactive ketones (excluding diaryl/α,β-unsaturated/α-hetero) is 1. The lowest BCUT2D eigenvalue weighted by Crippen LogP contribution is -1.97. The average Bonchev–Trinajstić information content (AvgIpc) is 2.44. The maximum atomic E-state index is 11.0. The van der Waals surface area contributed by atoms with Crippen LogP contribution in [0.25, 0.3) is 0 Å². The van der Waals surface area contributed by atoms with Crippen molar-refractivity contribution in [1.29, 1.82) is 0 Å². The van der Waals surface area contributed by atoms with Crippen molar-refractivity contribution in [2.24, 2.45) is 0 Å². The highest BCUT2D eigenvalue weighted by Crippen LogP contribution is 2.16. The van der Waals surface area contributed by atoms with Gasteiger partial charge in [-0.05, 0) is 36.6 Å². The lowest BCUT2D eigenvalue weighted by atomic mass is 10.1. The van der Waals surface area contributed by atoms with E-state index in [0.717, 1.165) is 23.3 Å². The molecule has 2 heteroatoms. The standard InChI is InChI=1S/C17H18O2/c1-14(18)10-11-15-8-5-9-17(12-15)19-13-16-6-3-2-4-7-16/h2-9,12H,10-11,13H2,1H3. The summed E-state index contributed by atoms with van der Waals surface area (Å²) in [6, 6.07) is 18.0. The summed E-state index contributed by atoms with van der Waals surface area (Å²) in [6.45, 7) is 2.19. The second-order valence-electron chi connectivity index (χ2n) is 4.62. The van der Waals surface area contributed by atoms with E-state index in [1.807, 2.05) is 54.6 Å². The SMILES string of the molecule is CC(=O)CCc1cccc(OCc2ccccc2)c1. The zero-order valence-electron chi connectivity index (χ0n) is 11.1. The summed E-state index contributed by atoms with van der Waals surface area (Å²) in [7, 11) is 0. The summed E-state index contributed by atoms with van der Waals surface area (Å²) in [4.78, 5) is 11.0. The molecule has 0 aliphatic rings. The van der Waals surface area contributed by atoms with Gasteiger partial charge in [-0.2, -0.15) is 0 Å². The summed E-state index contributed by atoms with van der Waals surface area (Å²) in [5.74, 6) is 1.07. The number of hydrogen-bond donors (Lipinski definition) is 0. The number of carbonyl (C=O) groups excluding carboxylic acids is 1. The molecule has 2 rings (SSSR count). The smallest absolute Gasteiger partial charge is 0.130 e. The van der Waals surface area contributed by atoms with Crippen LogP contribution in [-0.4, -0.2) is 5.78 Å². The van der Waals surface area contributed by atoms with E-state index in [1.165, 1.54) is 0 Å². The van der Waals surface area contributed by atoms with Crippen LogP contribution in [0.5, 0.6) is 5.75 Å². The molecule has 2 nitrogen and oxygen atoms in total. The van der Waals surface area contributed by atoms with Gasteiger partial charge in [0.25, 0.3) is 0 Å². The number of hydrogen-bond acceptors (Lipinski definition) is 2. The van der Waals surface area contributed by atoms with Crippen LogP contribution in [0.3, 0.4) is 0 Å². The number of rotatable bonds is 6. The Hall–Kier alpha value is -2.09. The van der Waals surface area contributed by atoms with Crippen molar-refractivity contribution in [3.05, 3.63) is 65.7 Å². The third-order valence-electron chi connectivity index (χ3n) is 2.91. The third kappa shape index (κ3) is 4.59. The zero-order chi connectivity index (χ0) is 13.5. The Morgan fingerprint density at radius 2 is 1.74 bits per heavy atom. The molecule has 0 aliphatic carbocycles.